The minimum atomic E-state index is -0.263. The Kier molecular flexibility index (Phi) is 5.57. The molecule has 2 atom stereocenters. The average molecular weight is 381 g/mol. The van der Waals surface area contributed by atoms with E-state index in [1.54, 1.807) is 4.90 Å². The fourth-order valence-electron chi connectivity index (χ4n) is 3.47. The number of nitrogens with zero attached hydrogens (tertiary/aromatic N) is 1. The SMILES string of the molecule is C[C@@H](C(=O)N1CC(=O)Nc2ccccc21)[NH+](C)Cc1ccc(C(C)(C)C)cc1. The van der Waals surface area contributed by atoms with Crippen LogP contribution in [0.1, 0.15) is 38.8 Å². The van der Waals surface area contributed by atoms with Gasteiger partial charge in [0.05, 0.1) is 18.4 Å². The van der Waals surface area contributed by atoms with Gasteiger partial charge < -0.3 is 10.2 Å². The first-order valence-corrected chi connectivity index (χ1v) is 9.79. The van der Waals surface area contributed by atoms with Crippen molar-refractivity contribution in [1.29, 1.82) is 0 Å². The third-order valence-electron chi connectivity index (χ3n) is 5.45. The van der Waals surface area contributed by atoms with Gasteiger partial charge in [0.15, 0.2) is 6.04 Å². The number of para-hydroxylation sites is 2. The molecule has 0 fully saturated rings. The Morgan fingerprint density at radius 1 is 1.14 bits per heavy atom. The summed E-state index contributed by atoms with van der Waals surface area (Å²) >= 11 is 0. The number of nitrogens with one attached hydrogen (secondary N) is 2. The molecule has 28 heavy (non-hydrogen) atoms. The highest BCUT2D eigenvalue weighted by Gasteiger charge is 2.33. The van der Waals surface area contributed by atoms with Gasteiger partial charge in [-0.15, -0.1) is 0 Å². The van der Waals surface area contributed by atoms with E-state index in [9.17, 15) is 9.59 Å². The number of rotatable bonds is 4. The smallest absolute Gasteiger partial charge is 0.285 e. The highest BCUT2D eigenvalue weighted by Crippen LogP contribution is 2.29. The molecule has 0 aromatic heterocycles. The molecule has 2 N–H and O–H groups in total. The number of hydrogen-bond acceptors (Lipinski definition) is 2. The second-order valence-corrected chi connectivity index (χ2v) is 8.68. The quantitative estimate of drug-likeness (QED) is 0.856. The van der Waals surface area contributed by atoms with Gasteiger partial charge in [-0.1, -0.05) is 57.2 Å². The molecular formula is C23H30N3O2+. The Morgan fingerprint density at radius 3 is 2.43 bits per heavy atom. The molecule has 2 aromatic rings. The lowest BCUT2D eigenvalue weighted by atomic mass is 9.87. The van der Waals surface area contributed by atoms with Gasteiger partial charge in [-0.25, -0.2) is 0 Å². The zero-order valence-electron chi connectivity index (χ0n) is 17.4. The summed E-state index contributed by atoms with van der Waals surface area (Å²) in [5, 5.41) is 2.83. The van der Waals surface area contributed by atoms with E-state index in [2.05, 4.69) is 50.4 Å². The van der Waals surface area contributed by atoms with Crippen LogP contribution in [0, 0.1) is 0 Å². The third kappa shape index (κ3) is 4.25. The molecule has 0 bridgehead atoms. The van der Waals surface area contributed by atoms with Crippen molar-refractivity contribution in [3.8, 4) is 0 Å². The molecule has 1 aliphatic heterocycles. The molecule has 0 aliphatic carbocycles. The van der Waals surface area contributed by atoms with Gasteiger partial charge in [-0.3, -0.25) is 14.5 Å². The number of amides is 2. The average Bonchev–Trinajstić information content (AvgIpc) is 2.65. The minimum Gasteiger partial charge on any atom is -0.324 e. The molecule has 0 spiro atoms. The standard InChI is InChI=1S/C23H29N3O2/c1-16(25(5)14-17-10-12-18(13-11-17)23(2,3)4)22(28)26-15-21(27)24-19-8-6-7-9-20(19)26/h6-13,16H,14-15H2,1-5H3,(H,24,27)/p+1/t16-/m0/s1. The fourth-order valence-corrected chi connectivity index (χ4v) is 3.47. The molecule has 0 radical (unpaired) electrons. The summed E-state index contributed by atoms with van der Waals surface area (Å²) in [6, 6.07) is 15.8. The first kappa shape index (κ1) is 20.1. The molecule has 1 aliphatic rings. The molecule has 1 unspecified atom stereocenters. The van der Waals surface area contributed by atoms with Crippen molar-refractivity contribution in [2.24, 2.45) is 0 Å². The van der Waals surface area contributed by atoms with Crippen molar-refractivity contribution in [3.05, 3.63) is 59.7 Å². The van der Waals surface area contributed by atoms with Crippen LogP contribution in [-0.2, 0) is 21.5 Å². The number of anilines is 2. The van der Waals surface area contributed by atoms with Gasteiger partial charge in [0.2, 0.25) is 5.91 Å². The molecule has 0 saturated carbocycles. The Labute approximate surface area is 167 Å². The number of benzene rings is 2. The van der Waals surface area contributed by atoms with Crippen molar-refractivity contribution >= 4 is 23.2 Å². The van der Waals surface area contributed by atoms with E-state index in [1.807, 2.05) is 38.2 Å². The van der Waals surface area contributed by atoms with Crippen LogP contribution in [0.25, 0.3) is 0 Å². The summed E-state index contributed by atoms with van der Waals surface area (Å²) in [7, 11) is 2.02. The van der Waals surface area contributed by atoms with Crippen LogP contribution >= 0.6 is 0 Å². The van der Waals surface area contributed by atoms with E-state index in [4.69, 9.17) is 0 Å². The van der Waals surface area contributed by atoms with Gasteiger partial charge in [-0.05, 0) is 30.0 Å². The Bertz CT molecular complexity index is 868. The van der Waals surface area contributed by atoms with Crippen LogP contribution in [-0.4, -0.2) is 31.4 Å². The predicted octanol–water partition coefficient (Wildman–Crippen LogP) is 2.37. The maximum absolute atomic E-state index is 13.1. The maximum atomic E-state index is 13.1. The summed E-state index contributed by atoms with van der Waals surface area (Å²) in [6.07, 6.45) is 0. The lowest BCUT2D eigenvalue weighted by Crippen LogP contribution is -3.12. The van der Waals surface area contributed by atoms with Gasteiger partial charge in [0, 0.05) is 5.56 Å². The number of quaternary nitrogens is 1. The second-order valence-electron chi connectivity index (χ2n) is 8.68. The highest BCUT2D eigenvalue weighted by atomic mass is 16.2. The monoisotopic (exact) mass is 380 g/mol. The second kappa shape index (κ2) is 7.76. The fraction of sp³-hybridized carbons (Fsp3) is 0.391. The molecule has 1 heterocycles. The Hall–Kier alpha value is -2.66. The van der Waals surface area contributed by atoms with Crippen LogP contribution in [0.4, 0.5) is 11.4 Å². The van der Waals surface area contributed by atoms with Gasteiger partial charge in [0.25, 0.3) is 5.91 Å². The van der Waals surface area contributed by atoms with E-state index in [1.165, 1.54) is 11.1 Å². The molecule has 3 rings (SSSR count). The number of carbonyl (C=O) groups excluding carboxylic acids is 2. The molecule has 5 nitrogen and oxygen atoms in total. The topological polar surface area (TPSA) is 53.9 Å². The van der Waals surface area contributed by atoms with Crippen LogP contribution in [0.3, 0.4) is 0 Å². The van der Waals surface area contributed by atoms with Crippen molar-refractivity contribution in [1.82, 2.24) is 0 Å². The van der Waals surface area contributed by atoms with Crippen molar-refractivity contribution < 1.29 is 14.5 Å². The van der Waals surface area contributed by atoms with Crippen molar-refractivity contribution in [2.75, 3.05) is 23.8 Å². The molecule has 148 valence electrons. The summed E-state index contributed by atoms with van der Waals surface area (Å²) in [4.78, 5) is 27.9. The minimum absolute atomic E-state index is 0.0360. The van der Waals surface area contributed by atoms with E-state index < -0.39 is 0 Å². The molecule has 2 aromatic carbocycles. The van der Waals surface area contributed by atoms with Gasteiger partial charge >= 0.3 is 0 Å². The summed E-state index contributed by atoms with van der Waals surface area (Å²) < 4.78 is 0. The van der Waals surface area contributed by atoms with E-state index in [0.717, 1.165) is 17.1 Å². The predicted molar refractivity (Wildman–Crippen MR) is 113 cm³/mol. The Balaban J connectivity index is 1.72. The zero-order valence-corrected chi connectivity index (χ0v) is 17.4. The molecule has 2 amide bonds. The van der Waals surface area contributed by atoms with Crippen LogP contribution in [0.15, 0.2) is 48.5 Å². The number of fused-ring (bicyclic) bond motifs is 1. The van der Waals surface area contributed by atoms with E-state index >= 15 is 0 Å². The van der Waals surface area contributed by atoms with Gasteiger partial charge in [0.1, 0.15) is 13.1 Å². The van der Waals surface area contributed by atoms with Gasteiger partial charge in [-0.2, -0.15) is 0 Å². The van der Waals surface area contributed by atoms with Crippen LogP contribution in [0.2, 0.25) is 0 Å². The third-order valence-corrected chi connectivity index (χ3v) is 5.45. The highest BCUT2D eigenvalue weighted by molar-refractivity contribution is 6.10. The number of hydrogen-bond donors (Lipinski definition) is 2. The number of likely N-dealkylation sites (N-methyl/N-ethyl adjacent to an activating group) is 1. The summed E-state index contributed by atoms with van der Waals surface area (Å²) in [5.41, 5.74) is 4.08. The molecule has 5 heteroatoms. The van der Waals surface area contributed by atoms with E-state index in [-0.39, 0.29) is 29.8 Å². The lowest BCUT2D eigenvalue weighted by molar-refractivity contribution is -0.908. The normalized spacial score (nSPS) is 16.2. The summed E-state index contributed by atoms with van der Waals surface area (Å²) in [6.45, 7) is 9.34. The zero-order chi connectivity index (χ0) is 20.5. The summed E-state index contributed by atoms with van der Waals surface area (Å²) in [5.74, 6) is -0.194. The molecular weight excluding hydrogens is 350 g/mol. The first-order chi connectivity index (χ1) is 13.2. The van der Waals surface area contributed by atoms with Crippen molar-refractivity contribution in [2.45, 2.75) is 45.7 Å². The largest absolute Gasteiger partial charge is 0.324 e. The first-order valence-electron chi connectivity index (χ1n) is 9.79. The Morgan fingerprint density at radius 2 is 1.79 bits per heavy atom. The van der Waals surface area contributed by atoms with Crippen LogP contribution in [0.5, 0.6) is 0 Å². The molecule has 0 saturated heterocycles. The van der Waals surface area contributed by atoms with Crippen LogP contribution < -0.4 is 15.1 Å². The lowest BCUT2D eigenvalue weighted by Gasteiger charge is -2.32. The van der Waals surface area contributed by atoms with E-state index in [0.29, 0.717) is 5.69 Å². The maximum Gasteiger partial charge on any atom is 0.285 e. The number of carbonyl (C=O) groups is 2. The van der Waals surface area contributed by atoms with Crippen molar-refractivity contribution in [3.63, 3.8) is 0 Å².